The Morgan fingerprint density at radius 1 is 1.39 bits per heavy atom. The summed E-state index contributed by atoms with van der Waals surface area (Å²) in [7, 11) is 1.83. The Hall–Kier alpha value is -2.30. The number of hydrogen-bond donors (Lipinski definition) is 1. The molecular formula is C13H15N3O2. The summed E-state index contributed by atoms with van der Waals surface area (Å²) in [5, 5.41) is 7.22. The summed E-state index contributed by atoms with van der Waals surface area (Å²) in [6, 6.07) is 9.07. The lowest BCUT2D eigenvalue weighted by molar-refractivity contribution is 0.0527. The van der Waals surface area contributed by atoms with E-state index in [2.05, 4.69) is 10.4 Å². The molecule has 0 saturated carbocycles. The Morgan fingerprint density at radius 3 is 2.83 bits per heavy atom. The number of nitrogens with zero attached hydrogens (tertiary/aromatic N) is 2. The van der Waals surface area contributed by atoms with Gasteiger partial charge in [-0.3, -0.25) is 4.68 Å². The lowest BCUT2D eigenvalue weighted by atomic mass is 10.2. The minimum Gasteiger partial charge on any atom is -0.462 e. The standard InChI is InChI=1S/C13H15N3O2/c1-3-18-13(17)10-6-4-5-7-11(10)15-12-8-9-14-16(12)2/h4-9,15H,3H2,1-2H3. The fourth-order valence-electron chi connectivity index (χ4n) is 1.61. The maximum atomic E-state index is 11.8. The van der Waals surface area contributed by atoms with Crippen LogP contribution in [0.1, 0.15) is 17.3 Å². The molecule has 0 aliphatic rings. The van der Waals surface area contributed by atoms with Crippen molar-refractivity contribution < 1.29 is 9.53 Å². The van der Waals surface area contributed by atoms with Gasteiger partial charge in [-0.05, 0) is 19.1 Å². The van der Waals surface area contributed by atoms with Crippen LogP contribution in [0.4, 0.5) is 11.5 Å². The zero-order valence-electron chi connectivity index (χ0n) is 10.4. The summed E-state index contributed by atoms with van der Waals surface area (Å²) in [6.45, 7) is 2.15. The molecule has 5 heteroatoms. The number of carbonyl (C=O) groups is 1. The average molecular weight is 245 g/mol. The maximum absolute atomic E-state index is 11.8. The molecule has 0 aliphatic carbocycles. The number of para-hydroxylation sites is 1. The van der Waals surface area contributed by atoms with E-state index in [0.29, 0.717) is 17.9 Å². The fourth-order valence-corrected chi connectivity index (χ4v) is 1.61. The van der Waals surface area contributed by atoms with E-state index in [1.165, 1.54) is 0 Å². The third kappa shape index (κ3) is 2.51. The minimum absolute atomic E-state index is 0.331. The van der Waals surface area contributed by atoms with Crippen LogP contribution in [0.3, 0.4) is 0 Å². The molecule has 0 aliphatic heterocycles. The van der Waals surface area contributed by atoms with Gasteiger partial charge in [0.1, 0.15) is 5.82 Å². The first-order valence-electron chi connectivity index (χ1n) is 5.73. The molecule has 1 heterocycles. The number of aromatic nitrogens is 2. The molecule has 0 spiro atoms. The monoisotopic (exact) mass is 245 g/mol. The third-order valence-electron chi connectivity index (χ3n) is 2.51. The van der Waals surface area contributed by atoms with Gasteiger partial charge in [0.2, 0.25) is 0 Å². The predicted molar refractivity (Wildman–Crippen MR) is 68.9 cm³/mol. The van der Waals surface area contributed by atoms with Gasteiger partial charge in [0, 0.05) is 13.1 Å². The zero-order chi connectivity index (χ0) is 13.0. The molecule has 0 fully saturated rings. The Labute approximate surface area is 105 Å². The summed E-state index contributed by atoms with van der Waals surface area (Å²) in [4.78, 5) is 11.8. The van der Waals surface area contributed by atoms with Gasteiger partial charge in [-0.2, -0.15) is 5.10 Å². The number of nitrogens with one attached hydrogen (secondary N) is 1. The number of rotatable bonds is 4. The van der Waals surface area contributed by atoms with Crippen LogP contribution < -0.4 is 5.32 Å². The Balaban J connectivity index is 2.28. The first-order valence-corrected chi connectivity index (χ1v) is 5.73. The van der Waals surface area contributed by atoms with Crippen molar-refractivity contribution in [3.63, 3.8) is 0 Å². The van der Waals surface area contributed by atoms with Crippen molar-refractivity contribution in [2.45, 2.75) is 6.92 Å². The number of anilines is 2. The zero-order valence-corrected chi connectivity index (χ0v) is 10.4. The summed E-state index contributed by atoms with van der Waals surface area (Å²) in [6.07, 6.45) is 1.69. The van der Waals surface area contributed by atoms with Crippen LogP contribution in [0.2, 0.25) is 0 Å². The quantitative estimate of drug-likeness (QED) is 0.840. The van der Waals surface area contributed by atoms with E-state index in [1.54, 1.807) is 29.9 Å². The summed E-state index contributed by atoms with van der Waals surface area (Å²) >= 11 is 0. The van der Waals surface area contributed by atoms with Gasteiger partial charge in [-0.15, -0.1) is 0 Å². The lowest BCUT2D eigenvalue weighted by Crippen LogP contribution is -2.08. The van der Waals surface area contributed by atoms with Gasteiger partial charge in [0.15, 0.2) is 0 Å². The van der Waals surface area contributed by atoms with Gasteiger partial charge < -0.3 is 10.1 Å². The molecule has 0 bridgehead atoms. The van der Waals surface area contributed by atoms with Crippen LogP contribution in [-0.4, -0.2) is 22.4 Å². The highest BCUT2D eigenvalue weighted by Crippen LogP contribution is 2.20. The van der Waals surface area contributed by atoms with Gasteiger partial charge >= 0.3 is 5.97 Å². The number of ether oxygens (including phenoxy) is 1. The second-order valence-corrected chi connectivity index (χ2v) is 3.73. The number of benzene rings is 1. The Bertz CT molecular complexity index is 549. The van der Waals surface area contributed by atoms with Crippen LogP contribution in [0.5, 0.6) is 0 Å². The highest BCUT2D eigenvalue weighted by Gasteiger charge is 2.12. The van der Waals surface area contributed by atoms with Gasteiger partial charge in [-0.1, -0.05) is 12.1 Å². The molecule has 0 atom stereocenters. The normalized spacial score (nSPS) is 10.1. The van der Waals surface area contributed by atoms with Crippen molar-refractivity contribution in [3.8, 4) is 0 Å². The molecular weight excluding hydrogens is 230 g/mol. The second-order valence-electron chi connectivity index (χ2n) is 3.73. The first kappa shape index (κ1) is 12.2. The fraction of sp³-hybridized carbons (Fsp3) is 0.231. The van der Waals surface area contributed by atoms with Crippen molar-refractivity contribution in [1.82, 2.24) is 9.78 Å². The number of esters is 1. The predicted octanol–water partition coefficient (Wildman–Crippen LogP) is 2.34. The second kappa shape index (κ2) is 5.35. The van der Waals surface area contributed by atoms with Crippen LogP contribution in [-0.2, 0) is 11.8 Å². The van der Waals surface area contributed by atoms with E-state index in [-0.39, 0.29) is 5.97 Å². The molecule has 1 aromatic carbocycles. The maximum Gasteiger partial charge on any atom is 0.340 e. The molecule has 0 amide bonds. The number of aryl methyl sites for hydroxylation is 1. The SMILES string of the molecule is CCOC(=O)c1ccccc1Nc1ccnn1C. The van der Waals surface area contributed by atoms with Gasteiger partial charge in [-0.25, -0.2) is 4.79 Å². The van der Waals surface area contributed by atoms with Crippen molar-refractivity contribution in [2.24, 2.45) is 7.05 Å². The topological polar surface area (TPSA) is 56.1 Å². The van der Waals surface area contributed by atoms with Crippen LogP contribution in [0.25, 0.3) is 0 Å². The van der Waals surface area contributed by atoms with Crippen LogP contribution >= 0.6 is 0 Å². The van der Waals surface area contributed by atoms with Gasteiger partial charge in [0.25, 0.3) is 0 Å². The number of carbonyl (C=O) groups excluding carboxylic acids is 1. The summed E-state index contributed by atoms with van der Waals surface area (Å²) < 4.78 is 6.71. The van der Waals surface area contributed by atoms with Crippen molar-refractivity contribution >= 4 is 17.5 Å². The van der Waals surface area contributed by atoms with E-state index >= 15 is 0 Å². The largest absolute Gasteiger partial charge is 0.462 e. The van der Waals surface area contributed by atoms with E-state index in [9.17, 15) is 4.79 Å². The van der Waals surface area contributed by atoms with Gasteiger partial charge in [0.05, 0.1) is 24.1 Å². The van der Waals surface area contributed by atoms with Crippen LogP contribution in [0, 0.1) is 0 Å². The highest BCUT2D eigenvalue weighted by atomic mass is 16.5. The Morgan fingerprint density at radius 2 is 2.17 bits per heavy atom. The molecule has 0 radical (unpaired) electrons. The van der Waals surface area contributed by atoms with E-state index in [1.807, 2.05) is 25.2 Å². The summed E-state index contributed by atoms with van der Waals surface area (Å²) in [5.41, 5.74) is 1.22. The van der Waals surface area contributed by atoms with Crippen molar-refractivity contribution in [1.29, 1.82) is 0 Å². The van der Waals surface area contributed by atoms with E-state index in [0.717, 1.165) is 5.82 Å². The molecule has 2 rings (SSSR count). The van der Waals surface area contributed by atoms with Crippen molar-refractivity contribution in [2.75, 3.05) is 11.9 Å². The minimum atomic E-state index is -0.331. The molecule has 5 nitrogen and oxygen atoms in total. The molecule has 0 unspecified atom stereocenters. The smallest absolute Gasteiger partial charge is 0.340 e. The average Bonchev–Trinajstić information content (AvgIpc) is 2.76. The Kier molecular flexibility index (Phi) is 3.62. The molecule has 1 aromatic heterocycles. The van der Waals surface area contributed by atoms with E-state index < -0.39 is 0 Å². The highest BCUT2D eigenvalue weighted by molar-refractivity contribution is 5.96. The lowest BCUT2D eigenvalue weighted by Gasteiger charge is -2.11. The first-order chi connectivity index (χ1) is 8.72. The molecule has 2 aromatic rings. The van der Waals surface area contributed by atoms with Crippen LogP contribution in [0.15, 0.2) is 36.5 Å². The van der Waals surface area contributed by atoms with Crippen molar-refractivity contribution in [3.05, 3.63) is 42.1 Å². The summed E-state index contributed by atoms with van der Waals surface area (Å²) in [5.74, 6) is 0.481. The molecule has 18 heavy (non-hydrogen) atoms. The third-order valence-corrected chi connectivity index (χ3v) is 2.51. The molecule has 94 valence electrons. The molecule has 1 N–H and O–H groups in total. The van der Waals surface area contributed by atoms with E-state index in [4.69, 9.17) is 4.74 Å². The molecule has 0 saturated heterocycles. The number of hydrogen-bond acceptors (Lipinski definition) is 4.